The van der Waals surface area contributed by atoms with Crippen LogP contribution in [0.5, 0.6) is 0 Å². The Hall–Kier alpha value is -0.400. The van der Waals surface area contributed by atoms with Crippen molar-refractivity contribution in [1.29, 1.82) is 0 Å². The van der Waals surface area contributed by atoms with Gasteiger partial charge in [-0.3, -0.25) is 0 Å². The maximum Gasteiger partial charge on any atom is 0.0811 e. The SMILES string of the molecule is CCC[C@@H](C)CCCN=O. The molecule has 0 heterocycles. The van der Waals surface area contributed by atoms with Gasteiger partial charge in [-0.25, -0.2) is 0 Å². The van der Waals surface area contributed by atoms with E-state index in [1.807, 2.05) is 0 Å². The fourth-order valence-corrected chi connectivity index (χ4v) is 1.14. The minimum atomic E-state index is 0.494. The van der Waals surface area contributed by atoms with Crippen molar-refractivity contribution in [2.75, 3.05) is 6.54 Å². The first-order valence-corrected chi connectivity index (χ1v) is 4.10. The Morgan fingerprint density at radius 3 is 2.60 bits per heavy atom. The van der Waals surface area contributed by atoms with Crippen molar-refractivity contribution in [3.05, 3.63) is 4.91 Å². The van der Waals surface area contributed by atoms with Crippen molar-refractivity contribution in [2.45, 2.75) is 39.5 Å². The maximum atomic E-state index is 9.69. The van der Waals surface area contributed by atoms with Gasteiger partial charge in [0.1, 0.15) is 0 Å². The number of nitrogens with zero attached hydrogens (tertiary/aromatic N) is 1. The van der Waals surface area contributed by atoms with Crippen LogP contribution in [0, 0.1) is 10.8 Å². The molecule has 0 aromatic carbocycles. The van der Waals surface area contributed by atoms with Gasteiger partial charge in [0.25, 0.3) is 0 Å². The van der Waals surface area contributed by atoms with E-state index in [9.17, 15) is 4.91 Å². The molecule has 60 valence electrons. The van der Waals surface area contributed by atoms with E-state index >= 15 is 0 Å². The standard InChI is InChI=1S/C8H17NO/c1-3-5-8(2)6-4-7-9-10/h8H,3-7H2,1-2H3/t8-/m1/s1. The van der Waals surface area contributed by atoms with Gasteiger partial charge in [-0.15, -0.1) is 0 Å². The molecule has 0 aliphatic heterocycles. The second-order valence-corrected chi connectivity index (χ2v) is 2.89. The molecule has 2 nitrogen and oxygen atoms in total. The van der Waals surface area contributed by atoms with Gasteiger partial charge in [0.15, 0.2) is 0 Å². The fraction of sp³-hybridized carbons (Fsp3) is 1.00. The first-order valence-electron chi connectivity index (χ1n) is 4.10. The molecule has 0 bridgehead atoms. The average molecular weight is 143 g/mol. The van der Waals surface area contributed by atoms with Gasteiger partial charge in [-0.1, -0.05) is 31.9 Å². The highest BCUT2D eigenvalue weighted by Gasteiger charge is 1.98. The Morgan fingerprint density at radius 1 is 1.40 bits per heavy atom. The lowest BCUT2D eigenvalue weighted by atomic mass is 10.0. The van der Waals surface area contributed by atoms with E-state index in [4.69, 9.17) is 0 Å². The van der Waals surface area contributed by atoms with E-state index in [0.717, 1.165) is 18.8 Å². The van der Waals surface area contributed by atoms with E-state index in [0.29, 0.717) is 6.54 Å². The summed E-state index contributed by atoms with van der Waals surface area (Å²) >= 11 is 0. The Morgan fingerprint density at radius 2 is 2.10 bits per heavy atom. The number of nitroso groups, excluding NO2 is 1. The highest BCUT2D eigenvalue weighted by Crippen LogP contribution is 2.11. The molecule has 0 aromatic heterocycles. The molecular weight excluding hydrogens is 126 g/mol. The molecule has 0 aliphatic rings. The van der Waals surface area contributed by atoms with E-state index in [2.05, 4.69) is 19.0 Å². The van der Waals surface area contributed by atoms with Crippen LogP contribution < -0.4 is 0 Å². The van der Waals surface area contributed by atoms with Crippen LogP contribution >= 0.6 is 0 Å². The predicted molar refractivity (Wildman–Crippen MR) is 44.0 cm³/mol. The summed E-state index contributed by atoms with van der Waals surface area (Å²) in [5.41, 5.74) is 0. The predicted octanol–water partition coefficient (Wildman–Crippen LogP) is 2.97. The summed E-state index contributed by atoms with van der Waals surface area (Å²) in [4.78, 5) is 9.69. The second kappa shape index (κ2) is 6.72. The van der Waals surface area contributed by atoms with Crippen molar-refractivity contribution in [3.63, 3.8) is 0 Å². The van der Waals surface area contributed by atoms with Gasteiger partial charge in [0.05, 0.1) is 6.54 Å². The van der Waals surface area contributed by atoms with Gasteiger partial charge >= 0.3 is 0 Å². The van der Waals surface area contributed by atoms with Crippen LogP contribution in [0.4, 0.5) is 0 Å². The monoisotopic (exact) mass is 143 g/mol. The maximum absolute atomic E-state index is 9.69. The summed E-state index contributed by atoms with van der Waals surface area (Å²) in [5.74, 6) is 0.770. The summed E-state index contributed by atoms with van der Waals surface area (Å²) in [6.45, 7) is 4.91. The third-order valence-corrected chi connectivity index (χ3v) is 1.73. The molecule has 0 saturated heterocycles. The van der Waals surface area contributed by atoms with E-state index in [1.54, 1.807) is 0 Å². The molecule has 0 aliphatic carbocycles. The smallest absolute Gasteiger partial charge is 0.0811 e. The van der Waals surface area contributed by atoms with Gasteiger partial charge in [0.2, 0.25) is 0 Å². The van der Waals surface area contributed by atoms with Crippen LogP contribution in [0.2, 0.25) is 0 Å². The van der Waals surface area contributed by atoms with Crippen molar-refractivity contribution >= 4 is 0 Å². The summed E-state index contributed by atoms with van der Waals surface area (Å²) in [6, 6.07) is 0. The first-order chi connectivity index (χ1) is 4.81. The van der Waals surface area contributed by atoms with Crippen LogP contribution in [-0.4, -0.2) is 6.54 Å². The summed E-state index contributed by atoms with van der Waals surface area (Å²) in [6.07, 6.45) is 4.64. The van der Waals surface area contributed by atoms with Gasteiger partial charge in [-0.2, -0.15) is 4.91 Å². The zero-order valence-corrected chi connectivity index (χ0v) is 6.97. The zero-order valence-electron chi connectivity index (χ0n) is 6.97. The van der Waals surface area contributed by atoms with E-state index < -0.39 is 0 Å². The molecule has 0 saturated carbocycles. The largest absolute Gasteiger partial charge is 0.151 e. The van der Waals surface area contributed by atoms with Crippen LogP contribution in [0.1, 0.15) is 39.5 Å². The molecule has 1 atom stereocenters. The Balaban J connectivity index is 3.04. The molecule has 0 fully saturated rings. The highest BCUT2D eigenvalue weighted by molar-refractivity contribution is 4.53. The minimum Gasteiger partial charge on any atom is -0.151 e. The quantitative estimate of drug-likeness (QED) is 0.415. The van der Waals surface area contributed by atoms with Crippen molar-refractivity contribution in [1.82, 2.24) is 0 Å². The molecule has 10 heavy (non-hydrogen) atoms. The van der Waals surface area contributed by atoms with E-state index in [-0.39, 0.29) is 0 Å². The van der Waals surface area contributed by atoms with Crippen molar-refractivity contribution in [3.8, 4) is 0 Å². The molecule has 0 amide bonds. The first kappa shape index (κ1) is 9.60. The zero-order chi connectivity index (χ0) is 7.82. The van der Waals surface area contributed by atoms with Crippen LogP contribution in [0.3, 0.4) is 0 Å². The van der Waals surface area contributed by atoms with Crippen LogP contribution in [-0.2, 0) is 0 Å². The fourth-order valence-electron chi connectivity index (χ4n) is 1.14. The lowest BCUT2D eigenvalue weighted by Crippen LogP contribution is -1.94. The lowest BCUT2D eigenvalue weighted by Gasteiger charge is -2.06. The Kier molecular flexibility index (Phi) is 6.45. The Bertz CT molecular complexity index is 83.3. The molecule has 0 unspecified atom stereocenters. The molecule has 0 aromatic rings. The normalized spacial score (nSPS) is 13.0. The topological polar surface area (TPSA) is 29.4 Å². The number of hydrogen-bond donors (Lipinski definition) is 0. The molecule has 0 rings (SSSR count). The summed E-state index contributed by atoms with van der Waals surface area (Å²) in [7, 11) is 0. The minimum absolute atomic E-state index is 0.494. The highest BCUT2D eigenvalue weighted by atomic mass is 16.3. The molecule has 0 N–H and O–H groups in total. The van der Waals surface area contributed by atoms with Crippen LogP contribution in [0.15, 0.2) is 5.18 Å². The number of hydrogen-bond acceptors (Lipinski definition) is 2. The molecular formula is C8H17NO. The number of rotatable bonds is 6. The van der Waals surface area contributed by atoms with Crippen molar-refractivity contribution < 1.29 is 0 Å². The third kappa shape index (κ3) is 5.73. The van der Waals surface area contributed by atoms with Gasteiger partial charge in [0, 0.05) is 0 Å². The van der Waals surface area contributed by atoms with Gasteiger partial charge < -0.3 is 0 Å². The molecule has 0 radical (unpaired) electrons. The average Bonchev–Trinajstić information content (AvgIpc) is 1.89. The summed E-state index contributed by atoms with van der Waals surface area (Å²) in [5, 5.41) is 2.82. The Labute approximate surface area is 63.0 Å². The van der Waals surface area contributed by atoms with E-state index in [1.165, 1.54) is 12.8 Å². The third-order valence-electron chi connectivity index (χ3n) is 1.73. The second-order valence-electron chi connectivity index (χ2n) is 2.89. The lowest BCUT2D eigenvalue weighted by molar-refractivity contribution is 0.473. The molecule has 2 heteroatoms. The molecule has 0 spiro atoms. The summed E-state index contributed by atoms with van der Waals surface area (Å²) < 4.78 is 0. The van der Waals surface area contributed by atoms with Crippen molar-refractivity contribution in [2.24, 2.45) is 11.1 Å². The van der Waals surface area contributed by atoms with Gasteiger partial charge in [-0.05, 0) is 18.8 Å². The van der Waals surface area contributed by atoms with Crippen LogP contribution in [0.25, 0.3) is 0 Å².